The molecule has 1 N–H and O–H groups in total. The van der Waals surface area contributed by atoms with Crippen LogP contribution < -0.4 is 15.2 Å². The highest BCUT2D eigenvalue weighted by molar-refractivity contribution is 7.17. The van der Waals surface area contributed by atoms with Crippen LogP contribution in [0.5, 0.6) is 5.75 Å². The molecule has 0 saturated heterocycles. The van der Waals surface area contributed by atoms with Crippen LogP contribution in [0.1, 0.15) is 5.82 Å². The number of benzene rings is 1. The lowest BCUT2D eigenvalue weighted by molar-refractivity contribution is -0.386. The number of thiophene rings is 1. The van der Waals surface area contributed by atoms with Crippen LogP contribution in [0.3, 0.4) is 0 Å². The van der Waals surface area contributed by atoms with E-state index >= 15 is 0 Å². The number of methoxy groups -OCH3 is 1. The van der Waals surface area contributed by atoms with Gasteiger partial charge in [-0.05, 0) is 11.4 Å². The average molecular weight is 364 g/mol. The third-order valence-electron chi connectivity index (χ3n) is 3.60. The quantitative estimate of drug-likeness (QED) is 0.552. The summed E-state index contributed by atoms with van der Waals surface area (Å²) in [5.41, 5.74) is -0.379. The molecule has 10 heteroatoms. The van der Waals surface area contributed by atoms with Gasteiger partial charge in [-0.3, -0.25) is 14.9 Å². The van der Waals surface area contributed by atoms with Crippen molar-refractivity contribution in [2.45, 2.75) is 6.54 Å². The Morgan fingerprint density at radius 3 is 2.92 bits per heavy atom. The first-order valence-corrected chi connectivity index (χ1v) is 7.98. The normalized spacial score (nSPS) is 10.8. The Morgan fingerprint density at radius 2 is 2.24 bits per heavy atom. The molecule has 0 unspecified atom stereocenters. The van der Waals surface area contributed by atoms with Crippen molar-refractivity contribution in [2.75, 3.05) is 19.1 Å². The predicted molar refractivity (Wildman–Crippen MR) is 92.0 cm³/mol. The fraction of sp³-hybridized carbons (Fsp3) is 0.200. The van der Waals surface area contributed by atoms with E-state index in [0.29, 0.717) is 16.0 Å². The summed E-state index contributed by atoms with van der Waals surface area (Å²) in [7, 11) is 2.88. The molecule has 2 heterocycles. The van der Waals surface area contributed by atoms with E-state index in [9.17, 15) is 19.3 Å². The van der Waals surface area contributed by atoms with Gasteiger partial charge >= 0.3 is 5.69 Å². The first-order valence-electron chi connectivity index (χ1n) is 7.10. The van der Waals surface area contributed by atoms with E-state index in [-0.39, 0.29) is 23.5 Å². The van der Waals surface area contributed by atoms with Crippen molar-refractivity contribution in [3.8, 4) is 5.75 Å². The zero-order valence-electron chi connectivity index (χ0n) is 13.3. The van der Waals surface area contributed by atoms with E-state index in [1.165, 1.54) is 29.4 Å². The summed E-state index contributed by atoms with van der Waals surface area (Å²) in [6.45, 7) is 0.0501. The Hall–Kier alpha value is -3.01. The number of nitrogens with zero attached hydrogens (tertiary/aromatic N) is 3. The summed E-state index contributed by atoms with van der Waals surface area (Å²) < 4.78 is 19.5. The van der Waals surface area contributed by atoms with E-state index in [1.54, 1.807) is 18.5 Å². The van der Waals surface area contributed by atoms with Gasteiger partial charge in [-0.15, -0.1) is 11.3 Å². The molecule has 130 valence electrons. The van der Waals surface area contributed by atoms with Crippen molar-refractivity contribution in [3.05, 3.63) is 55.7 Å². The highest BCUT2D eigenvalue weighted by Crippen LogP contribution is 2.35. The Morgan fingerprint density at radius 1 is 1.48 bits per heavy atom. The van der Waals surface area contributed by atoms with E-state index in [0.717, 1.165) is 6.07 Å². The molecular formula is C15H13FN4O4S. The van der Waals surface area contributed by atoms with Gasteiger partial charge in [0, 0.05) is 19.2 Å². The van der Waals surface area contributed by atoms with Gasteiger partial charge in [0.15, 0.2) is 0 Å². The summed E-state index contributed by atoms with van der Waals surface area (Å²) in [4.78, 5) is 30.8. The Kier molecular flexibility index (Phi) is 4.36. The molecule has 0 amide bonds. The third kappa shape index (κ3) is 3.15. The van der Waals surface area contributed by atoms with Gasteiger partial charge in [-0.1, -0.05) is 0 Å². The molecule has 0 radical (unpaired) electrons. The van der Waals surface area contributed by atoms with Crippen LogP contribution in [0.15, 0.2) is 28.4 Å². The minimum atomic E-state index is -0.999. The lowest BCUT2D eigenvalue weighted by Crippen LogP contribution is -2.22. The monoisotopic (exact) mass is 364 g/mol. The third-order valence-corrected chi connectivity index (χ3v) is 4.50. The van der Waals surface area contributed by atoms with Crippen molar-refractivity contribution in [1.82, 2.24) is 9.97 Å². The lowest BCUT2D eigenvalue weighted by atomic mass is 10.2. The fourth-order valence-corrected chi connectivity index (χ4v) is 3.18. The molecule has 0 saturated carbocycles. The summed E-state index contributed by atoms with van der Waals surface area (Å²) in [5, 5.41) is 13.0. The molecule has 3 aromatic rings. The number of hydrogen-bond donors (Lipinski definition) is 1. The van der Waals surface area contributed by atoms with Gasteiger partial charge in [0.1, 0.15) is 22.0 Å². The number of ether oxygens (including phenoxy) is 1. The first-order chi connectivity index (χ1) is 11.9. The second-order valence-corrected chi connectivity index (χ2v) is 6.15. The number of rotatable bonds is 5. The van der Waals surface area contributed by atoms with Crippen LogP contribution in [0, 0.1) is 15.9 Å². The molecule has 0 aliphatic rings. The highest BCUT2D eigenvalue weighted by atomic mass is 32.1. The molecule has 0 aliphatic heterocycles. The molecule has 8 nitrogen and oxygen atoms in total. The minimum Gasteiger partial charge on any atom is -0.497 e. The number of nitro benzene ring substituents is 1. The number of hydrogen-bond acceptors (Lipinski definition) is 7. The van der Waals surface area contributed by atoms with Crippen LogP contribution >= 0.6 is 11.3 Å². The maximum atomic E-state index is 14.1. The van der Waals surface area contributed by atoms with E-state index in [1.807, 2.05) is 0 Å². The number of halogens is 1. The fourth-order valence-electron chi connectivity index (χ4n) is 2.46. The summed E-state index contributed by atoms with van der Waals surface area (Å²) in [5.74, 6) is -0.531. The summed E-state index contributed by atoms with van der Waals surface area (Å²) in [6.07, 6.45) is 0. The zero-order valence-corrected chi connectivity index (χ0v) is 14.1. The molecule has 3 rings (SSSR count). The van der Waals surface area contributed by atoms with Crippen LogP contribution in [0.2, 0.25) is 0 Å². The number of H-pyrrole nitrogens is 1. The largest absolute Gasteiger partial charge is 0.497 e. The first kappa shape index (κ1) is 16.8. The molecule has 2 aromatic heterocycles. The maximum Gasteiger partial charge on any atom is 0.328 e. The predicted octanol–water partition coefficient (Wildman–Crippen LogP) is 2.68. The van der Waals surface area contributed by atoms with Crippen molar-refractivity contribution in [2.24, 2.45) is 0 Å². The topological polar surface area (TPSA) is 101 Å². The van der Waals surface area contributed by atoms with Gasteiger partial charge in [-0.25, -0.2) is 4.98 Å². The molecule has 0 atom stereocenters. The Labute approximate surface area is 144 Å². The SMILES string of the molecule is COc1cc(F)c([N+](=O)[O-])c(N(C)Cc2nc3ccsc3c(=O)[nH]2)c1. The molecule has 0 aliphatic carbocycles. The number of aromatic amines is 1. The standard InChI is InChI=1S/C15H13FN4O4S/c1-19(7-12-17-10-3-4-25-14(10)15(21)18-12)11-6-8(24-2)5-9(16)13(11)20(22)23/h3-6H,7H2,1-2H3,(H,17,18,21). The van der Waals surface area contributed by atoms with Gasteiger partial charge in [-0.2, -0.15) is 4.39 Å². The van der Waals surface area contributed by atoms with Crippen LogP contribution in [-0.2, 0) is 6.54 Å². The zero-order chi connectivity index (χ0) is 18.1. The maximum absolute atomic E-state index is 14.1. The second-order valence-electron chi connectivity index (χ2n) is 5.24. The van der Waals surface area contributed by atoms with Crippen molar-refractivity contribution in [3.63, 3.8) is 0 Å². The van der Waals surface area contributed by atoms with Crippen molar-refractivity contribution < 1.29 is 14.1 Å². The van der Waals surface area contributed by atoms with Crippen LogP contribution in [0.4, 0.5) is 15.8 Å². The van der Waals surface area contributed by atoms with Crippen LogP contribution in [0.25, 0.3) is 10.2 Å². The van der Waals surface area contributed by atoms with E-state index < -0.39 is 16.4 Å². The lowest BCUT2D eigenvalue weighted by Gasteiger charge is -2.19. The van der Waals surface area contributed by atoms with Crippen LogP contribution in [-0.4, -0.2) is 29.0 Å². The number of nitro groups is 1. The minimum absolute atomic E-state index is 0.0231. The Balaban J connectivity index is 2.02. The highest BCUT2D eigenvalue weighted by Gasteiger charge is 2.25. The number of nitrogens with one attached hydrogen (secondary N) is 1. The number of anilines is 1. The van der Waals surface area contributed by atoms with Gasteiger partial charge in [0.05, 0.1) is 24.1 Å². The molecule has 1 aromatic carbocycles. The molecular weight excluding hydrogens is 351 g/mol. The number of fused-ring (bicyclic) bond motifs is 1. The van der Waals surface area contributed by atoms with Gasteiger partial charge in [0.25, 0.3) is 5.56 Å². The van der Waals surface area contributed by atoms with E-state index in [2.05, 4.69) is 9.97 Å². The second kappa shape index (κ2) is 6.48. The summed E-state index contributed by atoms with van der Waals surface area (Å²) in [6, 6.07) is 4.03. The molecule has 0 spiro atoms. The molecule has 25 heavy (non-hydrogen) atoms. The van der Waals surface area contributed by atoms with Gasteiger partial charge < -0.3 is 14.6 Å². The molecule has 0 bridgehead atoms. The number of aromatic nitrogens is 2. The summed E-state index contributed by atoms with van der Waals surface area (Å²) >= 11 is 1.28. The smallest absolute Gasteiger partial charge is 0.328 e. The van der Waals surface area contributed by atoms with Gasteiger partial charge in [0.2, 0.25) is 5.82 Å². The molecule has 0 fully saturated rings. The van der Waals surface area contributed by atoms with Crippen molar-refractivity contribution >= 4 is 32.9 Å². The van der Waals surface area contributed by atoms with Crippen molar-refractivity contribution in [1.29, 1.82) is 0 Å². The Bertz CT molecular complexity index is 1020. The van der Waals surface area contributed by atoms with E-state index in [4.69, 9.17) is 4.74 Å². The average Bonchev–Trinajstić information content (AvgIpc) is 3.02.